The van der Waals surface area contributed by atoms with Crippen molar-refractivity contribution in [3.8, 4) is 5.75 Å². The van der Waals surface area contributed by atoms with Crippen LogP contribution in [-0.4, -0.2) is 81.0 Å². The number of benzene rings is 1. The van der Waals surface area contributed by atoms with E-state index in [4.69, 9.17) is 4.74 Å². The van der Waals surface area contributed by atoms with Gasteiger partial charge >= 0.3 is 0 Å². The Labute approximate surface area is 181 Å². The van der Waals surface area contributed by atoms with Gasteiger partial charge in [0.25, 0.3) is 5.91 Å². The molecule has 2 amide bonds. The average molecular weight is 422 g/mol. The van der Waals surface area contributed by atoms with Gasteiger partial charge in [0.2, 0.25) is 5.91 Å². The van der Waals surface area contributed by atoms with E-state index in [1.165, 1.54) is 4.90 Å². The molecule has 1 spiro atoms. The number of β-amino-alcohol motifs (C(OH)–C–C–N with tert-alkyl or cyclic N) is 1. The molecule has 3 aliphatic rings. The van der Waals surface area contributed by atoms with Crippen LogP contribution in [0.5, 0.6) is 5.75 Å². The number of nitrogens with zero attached hydrogens (tertiary/aromatic N) is 4. The number of aliphatic hydroxyl groups is 1. The van der Waals surface area contributed by atoms with Crippen LogP contribution in [0.25, 0.3) is 0 Å². The summed E-state index contributed by atoms with van der Waals surface area (Å²) in [5.74, 6) is 0.423. The smallest absolute Gasteiger partial charge is 0.252 e. The topological polar surface area (TPSA) is 86.2 Å². The highest BCUT2D eigenvalue weighted by Crippen LogP contribution is 2.41. The van der Waals surface area contributed by atoms with Crippen LogP contribution >= 0.6 is 0 Å². The minimum absolute atomic E-state index is 0.169. The number of rotatable bonds is 5. The number of aromatic nitrogens is 1. The predicted octanol–water partition coefficient (Wildman–Crippen LogP) is 0.649. The zero-order chi connectivity index (χ0) is 21.6. The van der Waals surface area contributed by atoms with Gasteiger partial charge in [0, 0.05) is 38.6 Å². The van der Waals surface area contributed by atoms with Crippen molar-refractivity contribution in [3.05, 3.63) is 59.9 Å². The third-order valence-electron chi connectivity index (χ3n) is 6.62. The van der Waals surface area contributed by atoms with Crippen LogP contribution in [0.4, 0.5) is 0 Å². The maximum absolute atomic E-state index is 13.6. The van der Waals surface area contributed by atoms with Gasteiger partial charge < -0.3 is 9.84 Å². The van der Waals surface area contributed by atoms with Gasteiger partial charge in [-0.05, 0) is 35.7 Å². The second-order valence-electron chi connectivity index (χ2n) is 8.67. The van der Waals surface area contributed by atoms with Gasteiger partial charge in [0.15, 0.2) is 0 Å². The molecule has 2 aromatic rings. The molecule has 1 N–H and O–H groups in total. The number of aliphatic hydroxyl groups excluding tert-OH is 1. The molecule has 0 unspecified atom stereocenters. The van der Waals surface area contributed by atoms with E-state index in [1.54, 1.807) is 25.6 Å². The van der Waals surface area contributed by atoms with Gasteiger partial charge in [0.1, 0.15) is 11.3 Å². The lowest BCUT2D eigenvalue weighted by Crippen LogP contribution is -2.81. The highest BCUT2D eigenvalue weighted by Gasteiger charge is 2.64. The SMILES string of the molecule is COc1ccc(CN2CC3(C2)C(=O)N(Cc2cccnc2)C(=O)[C@@H]2C[C@@H](O)CN23)cc1. The summed E-state index contributed by atoms with van der Waals surface area (Å²) in [6.07, 6.45) is 3.13. The molecule has 0 radical (unpaired) electrons. The third-order valence-corrected chi connectivity index (χ3v) is 6.62. The lowest BCUT2D eigenvalue weighted by molar-refractivity contribution is -0.181. The van der Waals surface area contributed by atoms with E-state index >= 15 is 0 Å². The molecule has 8 heteroatoms. The van der Waals surface area contributed by atoms with Gasteiger partial charge in [-0.1, -0.05) is 18.2 Å². The van der Waals surface area contributed by atoms with Crippen LogP contribution in [0.2, 0.25) is 0 Å². The van der Waals surface area contributed by atoms with E-state index in [2.05, 4.69) is 9.88 Å². The summed E-state index contributed by atoms with van der Waals surface area (Å²) >= 11 is 0. The molecular formula is C23H26N4O4. The number of ether oxygens (including phenoxy) is 1. The molecule has 162 valence electrons. The largest absolute Gasteiger partial charge is 0.497 e. The molecule has 0 saturated carbocycles. The Morgan fingerprint density at radius 1 is 1.13 bits per heavy atom. The number of carbonyl (C=O) groups is 2. The Hall–Kier alpha value is -2.81. The molecular weight excluding hydrogens is 396 g/mol. The van der Waals surface area contributed by atoms with E-state index in [9.17, 15) is 14.7 Å². The minimum Gasteiger partial charge on any atom is -0.497 e. The molecule has 8 nitrogen and oxygen atoms in total. The van der Waals surface area contributed by atoms with Crippen molar-refractivity contribution < 1.29 is 19.4 Å². The molecule has 1 aromatic heterocycles. The number of methoxy groups -OCH3 is 1. The van der Waals surface area contributed by atoms with E-state index in [0.717, 1.165) is 23.4 Å². The number of carbonyl (C=O) groups excluding carboxylic acids is 2. The summed E-state index contributed by atoms with van der Waals surface area (Å²) in [6, 6.07) is 11.1. The number of likely N-dealkylation sites (tertiary alicyclic amines) is 1. The second kappa shape index (κ2) is 7.71. The molecule has 1 aromatic carbocycles. The van der Waals surface area contributed by atoms with Crippen molar-refractivity contribution in [3.63, 3.8) is 0 Å². The van der Waals surface area contributed by atoms with Gasteiger partial charge in [-0.25, -0.2) is 0 Å². The third kappa shape index (κ3) is 3.40. The monoisotopic (exact) mass is 422 g/mol. The molecule has 0 aliphatic carbocycles. The first kappa shape index (κ1) is 20.1. The Bertz CT molecular complexity index is 975. The maximum Gasteiger partial charge on any atom is 0.252 e. The number of hydrogen-bond donors (Lipinski definition) is 1. The molecule has 2 atom stereocenters. The van der Waals surface area contributed by atoms with Crippen molar-refractivity contribution >= 4 is 11.8 Å². The van der Waals surface area contributed by atoms with E-state index in [-0.39, 0.29) is 18.4 Å². The molecule has 4 heterocycles. The summed E-state index contributed by atoms with van der Waals surface area (Å²) in [6.45, 7) is 2.37. The lowest BCUT2D eigenvalue weighted by atomic mass is 9.82. The molecule has 3 aliphatic heterocycles. The number of amides is 2. The summed E-state index contributed by atoms with van der Waals surface area (Å²) in [5.41, 5.74) is 1.20. The fourth-order valence-corrected chi connectivity index (χ4v) is 5.11. The van der Waals surface area contributed by atoms with Crippen molar-refractivity contribution in [1.29, 1.82) is 0 Å². The van der Waals surface area contributed by atoms with Crippen LogP contribution in [0.1, 0.15) is 17.5 Å². The number of fused-ring (bicyclic) bond motifs is 2. The zero-order valence-corrected chi connectivity index (χ0v) is 17.5. The lowest BCUT2D eigenvalue weighted by Gasteiger charge is -2.58. The van der Waals surface area contributed by atoms with Gasteiger partial charge in [0.05, 0.1) is 25.8 Å². The number of piperazine rings is 1. The van der Waals surface area contributed by atoms with Gasteiger partial charge in [-0.3, -0.25) is 29.3 Å². The van der Waals surface area contributed by atoms with Crippen LogP contribution < -0.4 is 4.74 Å². The summed E-state index contributed by atoms with van der Waals surface area (Å²) in [4.78, 5) is 36.4. The molecule has 31 heavy (non-hydrogen) atoms. The quantitative estimate of drug-likeness (QED) is 0.708. The first-order valence-corrected chi connectivity index (χ1v) is 10.5. The normalized spacial score (nSPS) is 25.5. The average Bonchev–Trinajstić information content (AvgIpc) is 3.16. The van der Waals surface area contributed by atoms with Crippen LogP contribution in [0.3, 0.4) is 0 Å². The Kier molecular flexibility index (Phi) is 5.00. The molecule has 3 fully saturated rings. The van der Waals surface area contributed by atoms with E-state index < -0.39 is 17.7 Å². The van der Waals surface area contributed by atoms with Crippen LogP contribution in [-0.2, 0) is 22.7 Å². The Morgan fingerprint density at radius 2 is 1.90 bits per heavy atom. The second-order valence-corrected chi connectivity index (χ2v) is 8.67. The summed E-state index contributed by atoms with van der Waals surface area (Å²) in [7, 11) is 1.64. The van der Waals surface area contributed by atoms with Crippen molar-refractivity contribution in [2.75, 3.05) is 26.7 Å². The highest BCUT2D eigenvalue weighted by molar-refractivity contribution is 6.06. The fraction of sp³-hybridized carbons (Fsp3) is 0.435. The van der Waals surface area contributed by atoms with Crippen LogP contribution in [0.15, 0.2) is 48.8 Å². The maximum atomic E-state index is 13.6. The molecule has 0 bridgehead atoms. The Balaban J connectivity index is 1.36. The minimum atomic E-state index is -0.759. The van der Waals surface area contributed by atoms with Crippen LogP contribution in [0, 0.1) is 0 Å². The number of pyridine rings is 1. The fourth-order valence-electron chi connectivity index (χ4n) is 5.11. The van der Waals surface area contributed by atoms with Gasteiger partial charge in [-0.2, -0.15) is 0 Å². The Morgan fingerprint density at radius 3 is 2.58 bits per heavy atom. The van der Waals surface area contributed by atoms with Gasteiger partial charge in [-0.15, -0.1) is 0 Å². The van der Waals surface area contributed by atoms with Crippen molar-refractivity contribution in [1.82, 2.24) is 19.7 Å². The zero-order valence-electron chi connectivity index (χ0n) is 17.5. The summed E-state index contributed by atoms with van der Waals surface area (Å²) < 4.78 is 5.22. The van der Waals surface area contributed by atoms with Crippen molar-refractivity contribution in [2.45, 2.75) is 37.2 Å². The molecule has 5 rings (SSSR count). The van der Waals surface area contributed by atoms with E-state index in [0.29, 0.717) is 26.1 Å². The van der Waals surface area contributed by atoms with E-state index in [1.807, 2.05) is 35.2 Å². The first-order chi connectivity index (χ1) is 15.0. The molecule has 3 saturated heterocycles. The predicted molar refractivity (Wildman–Crippen MR) is 112 cm³/mol. The summed E-state index contributed by atoms with van der Waals surface area (Å²) in [5, 5.41) is 10.3. The number of imide groups is 1. The highest BCUT2D eigenvalue weighted by atomic mass is 16.5. The first-order valence-electron chi connectivity index (χ1n) is 10.5. The number of hydrogen-bond acceptors (Lipinski definition) is 7. The standard InChI is InChI=1S/C23H26N4O4/c1-31-19-6-4-16(5-7-19)11-25-14-23(15-25)22(30)26(12-17-3-2-8-24-10-17)21(29)20-9-18(28)13-27(20)23/h2-8,10,18,20,28H,9,11-15H2,1H3/t18-,20+/m1/s1. The van der Waals surface area contributed by atoms with Crippen molar-refractivity contribution in [2.24, 2.45) is 0 Å².